The van der Waals surface area contributed by atoms with Crippen molar-refractivity contribution in [3.63, 3.8) is 0 Å². The maximum atomic E-state index is 14.2. The molecule has 4 heterocycles. The lowest BCUT2D eigenvalue weighted by Crippen LogP contribution is -2.25. The average molecular weight is 383 g/mol. The molecule has 0 radical (unpaired) electrons. The molecule has 0 saturated carbocycles. The Balaban J connectivity index is 1.61. The van der Waals surface area contributed by atoms with Gasteiger partial charge in [-0.05, 0) is 25.0 Å². The monoisotopic (exact) mass is 383 g/mol. The van der Waals surface area contributed by atoms with Gasteiger partial charge in [0.2, 0.25) is 5.91 Å². The molecule has 0 aliphatic carbocycles. The first kappa shape index (κ1) is 16.8. The van der Waals surface area contributed by atoms with Gasteiger partial charge in [0.1, 0.15) is 19.0 Å². The lowest BCUT2D eigenvalue weighted by atomic mass is 10.0. The zero-order valence-corrected chi connectivity index (χ0v) is 14.9. The molecule has 28 heavy (non-hydrogen) atoms. The van der Waals surface area contributed by atoms with Crippen molar-refractivity contribution in [3.05, 3.63) is 41.3 Å². The number of hydrogen-bond acceptors (Lipinski definition) is 6. The van der Waals surface area contributed by atoms with E-state index in [4.69, 9.17) is 15.2 Å². The van der Waals surface area contributed by atoms with Gasteiger partial charge in [-0.3, -0.25) is 9.89 Å². The zero-order valence-electron chi connectivity index (χ0n) is 14.9. The molecule has 8 nitrogen and oxygen atoms in total. The van der Waals surface area contributed by atoms with Gasteiger partial charge < -0.3 is 20.1 Å². The Morgan fingerprint density at radius 3 is 3.00 bits per heavy atom. The molecule has 2 aliphatic rings. The van der Waals surface area contributed by atoms with E-state index < -0.39 is 5.91 Å². The molecule has 3 aromatic rings. The fraction of sp³-hybridized carbons (Fsp3) is 0.316. The third-order valence-corrected chi connectivity index (χ3v) is 5.20. The van der Waals surface area contributed by atoms with Crippen LogP contribution in [0.15, 0.2) is 24.4 Å². The summed E-state index contributed by atoms with van der Waals surface area (Å²) in [6.45, 7) is 1.56. The highest BCUT2D eigenvalue weighted by Gasteiger charge is 2.33. The molecule has 5 rings (SSSR count). The molecule has 1 fully saturated rings. The van der Waals surface area contributed by atoms with Crippen molar-refractivity contribution in [2.45, 2.75) is 18.9 Å². The fourth-order valence-corrected chi connectivity index (χ4v) is 3.98. The topological polar surface area (TPSA) is 106 Å². The highest BCUT2D eigenvalue weighted by molar-refractivity contribution is 5.98. The minimum atomic E-state index is -0.552. The molecule has 3 N–H and O–H groups in total. The molecule has 1 aromatic carbocycles. The van der Waals surface area contributed by atoms with Crippen molar-refractivity contribution in [1.29, 1.82) is 0 Å². The van der Waals surface area contributed by atoms with Crippen molar-refractivity contribution < 1.29 is 18.7 Å². The Morgan fingerprint density at radius 1 is 1.29 bits per heavy atom. The molecular weight excluding hydrogens is 365 g/mol. The van der Waals surface area contributed by atoms with Gasteiger partial charge in [0.15, 0.2) is 23.0 Å². The number of ether oxygens (including phenoxy) is 2. The number of carbonyl (C=O) groups is 1. The van der Waals surface area contributed by atoms with Crippen LogP contribution in [0.1, 0.15) is 34.8 Å². The number of aromatic amines is 1. The summed E-state index contributed by atoms with van der Waals surface area (Å²) in [7, 11) is 0. The number of rotatable bonds is 3. The van der Waals surface area contributed by atoms with Gasteiger partial charge in [-0.15, -0.1) is 0 Å². The lowest BCUT2D eigenvalue weighted by Gasteiger charge is -2.29. The van der Waals surface area contributed by atoms with Crippen LogP contribution in [-0.2, 0) is 0 Å². The van der Waals surface area contributed by atoms with E-state index in [-0.39, 0.29) is 11.9 Å². The van der Waals surface area contributed by atoms with Gasteiger partial charge in [0.05, 0.1) is 17.0 Å². The van der Waals surface area contributed by atoms with Crippen molar-refractivity contribution >= 4 is 22.8 Å². The largest absolute Gasteiger partial charge is 0.486 e. The van der Waals surface area contributed by atoms with E-state index >= 15 is 0 Å². The van der Waals surface area contributed by atoms with Crippen LogP contribution in [0, 0.1) is 5.82 Å². The first-order valence-corrected chi connectivity index (χ1v) is 9.11. The van der Waals surface area contributed by atoms with Crippen LogP contribution in [-0.4, -0.2) is 40.8 Å². The molecular formula is C19H18FN5O3. The maximum absolute atomic E-state index is 14.2. The molecule has 1 amide bonds. The molecule has 2 aromatic heterocycles. The van der Waals surface area contributed by atoms with E-state index in [0.717, 1.165) is 24.9 Å². The second-order valence-electron chi connectivity index (χ2n) is 6.90. The second kappa shape index (κ2) is 6.36. The van der Waals surface area contributed by atoms with Crippen LogP contribution in [0.5, 0.6) is 11.5 Å². The second-order valence-corrected chi connectivity index (χ2v) is 6.90. The van der Waals surface area contributed by atoms with Crippen LogP contribution in [0.4, 0.5) is 10.2 Å². The number of primary amides is 1. The van der Waals surface area contributed by atoms with Gasteiger partial charge in [-0.2, -0.15) is 5.10 Å². The van der Waals surface area contributed by atoms with Crippen LogP contribution in [0.25, 0.3) is 11.0 Å². The first-order chi connectivity index (χ1) is 13.6. The number of amides is 1. The summed E-state index contributed by atoms with van der Waals surface area (Å²) in [6, 6.07) is 4.40. The Morgan fingerprint density at radius 2 is 2.14 bits per heavy atom. The minimum absolute atomic E-state index is 0.130. The van der Waals surface area contributed by atoms with Crippen LogP contribution in [0.3, 0.4) is 0 Å². The van der Waals surface area contributed by atoms with Crippen LogP contribution >= 0.6 is 0 Å². The Kier molecular flexibility index (Phi) is 3.81. The smallest absolute Gasteiger partial charge is 0.250 e. The summed E-state index contributed by atoms with van der Waals surface area (Å²) in [5.41, 5.74) is 7.00. The van der Waals surface area contributed by atoms with Crippen molar-refractivity contribution in [1.82, 2.24) is 15.2 Å². The first-order valence-electron chi connectivity index (χ1n) is 9.11. The SMILES string of the molecule is NC(=O)c1cnc2[nH]nc(N3CCC[C@@H]3c3cc(F)cc4c3OCCO4)c2c1. The number of H-pyrrole nitrogens is 1. The number of benzene rings is 1. The molecule has 1 saturated heterocycles. The quantitative estimate of drug-likeness (QED) is 0.719. The summed E-state index contributed by atoms with van der Waals surface area (Å²) >= 11 is 0. The number of hydrogen-bond donors (Lipinski definition) is 2. The van der Waals surface area contributed by atoms with Gasteiger partial charge in [0.25, 0.3) is 0 Å². The van der Waals surface area contributed by atoms with Crippen molar-refractivity contribution in [2.24, 2.45) is 5.73 Å². The molecule has 0 bridgehead atoms. The third kappa shape index (κ3) is 2.62. The standard InChI is InChI=1S/C19H18FN5O3/c20-11-7-12(16-15(8-11)27-4-5-28-16)14-2-1-3-25(14)19-13-6-10(17(21)26)9-22-18(13)23-24-19/h6-9,14H,1-5H2,(H2,21,26)(H,22,23,24)/t14-/m1/s1. The normalized spacial score (nSPS) is 18.6. The summed E-state index contributed by atoms with van der Waals surface area (Å²) in [5, 5.41) is 8.00. The van der Waals surface area contributed by atoms with E-state index in [2.05, 4.69) is 20.1 Å². The summed E-state index contributed by atoms with van der Waals surface area (Å²) in [5.74, 6) is 0.751. The number of pyridine rings is 1. The minimum Gasteiger partial charge on any atom is -0.486 e. The van der Waals surface area contributed by atoms with Gasteiger partial charge in [-0.1, -0.05) is 0 Å². The van der Waals surface area contributed by atoms with E-state index in [0.29, 0.717) is 47.1 Å². The molecule has 2 aliphatic heterocycles. The van der Waals surface area contributed by atoms with E-state index in [1.165, 1.54) is 18.3 Å². The third-order valence-electron chi connectivity index (χ3n) is 5.20. The highest BCUT2D eigenvalue weighted by atomic mass is 19.1. The Labute approximate surface area is 159 Å². The van der Waals surface area contributed by atoms with Crippen molar-refractivity contribution in [3.8, 4) is 11.5 Å². The fourth-order valence-electron chi connectivity index (χ4n) is 3.98. The molecule has 9 heteroatoms. The average Bonchev–Trinajstić information content (AvgIpc) is 3.33. The number of carbonyl (C=O) groups excluding carboxylic acids is 1. The highest BCUT2D eigenvalue weighted by Crippen LogP contribution is 2.45. The number of nitrogens with zero attached hydrogens (tertiary/aromatic N) is 3. The van der Waals surface area contributed by atoms with E-state index in [9.17, 15) is 9.18 Å². The number of nitrogens with two attached hydrogens (primary N) is 1. The number of aromatic nitrogens is 3. The zero-order chi connectivity index (χ0) is 19.3. The van der Waals surface area contributed by atoms with Gasteiger partial charge in [-0.25, -0.2) is 9.37 Å². The van der Waals surface area contributed by atoms with Crippen LogP contribution in [0.2, 0.25) is 0 Å². The Hall–Kier alpha value is -3.36. The molecule has 1 atom stereocenters. The van der Waals surface area contributed by atoms with Gasteiger partial charge in [0, 0.05) is 24.4 Å². The lowest BCUT2D eigenvalue weighted by molar-refractivity contribution is 0.1000. The summed E-state index contributed by atoms with van der Waals surface area (Å²) < 4.78 is 25.6. The molecule has 144 valence electrons. The number of anilines is 1. The number of fused-ring (bicyclic) bond motifs is 2. The van der Waals surface area contributed by atoms with E-state index in [1.807, 2.05) is 0 Å². The van der Waals surface area contributed by atoms with E-state index in [1.54, 1.807) is 6.07 Å². The van der Waals surface area contributed by atoms with Gasteiger partial charge >= 0.3 is 0 Å². The molecule has 0 unspecified atom stereocenters. The summed E-state index contributed by atoms with van der Waals surface area (Å²) in [6.07, 6.45) is 3.15. The summed E-state index contributed by atoms with van der Waals surface area (Å²) in [4.78, 5) is 17.9. The predicted molar refractivity (Wildman–Crippen MR) is 99.1 cm³/mol. The number of nitrogens with one attached hydrogen (secondary N) is 1. The maximum Gasteiger partial charge on any atom is 0.250 e. The van der Waals surface area contributed by atoms with Crippen molar-refractivity contribution in [2.75, 3.05) is 24.7 Å². The predicted octanol–water partition coefficient (Wildman–Crippen LogP) is 2.31. The Bertz CT molecular complexity index is 1080. The number of halogens is 1. The molecule has 0 spiro atoms. The van der Waals surface area contributed by atoms with Crippen LogP contribution < -0.4 is 20.1 Å².